The molecular weight excluding hydrogens is 1060 g/mol. The van der Waals surface area contributed by atoms with Crippen LogP contribution in [-0.4, -0.2) is 0 Å². The van der Waals surface area contributed by atoms with Crippen LogP contribution >= 0.6 is 0 Å². The third-order valence-corrected chi connectivity index (χ3v) is 19.8. The van der Waals surface area contributed by atoms with Gasteiger partial charge in [0.15, 0.2) is 0 Å². The summed E-state index contributed by atoms with van der Waals surface area (Å²) in [6, 6.07) is 109. The molecule has 0 fully saturated rings. The van der Waals surface area contributed by atoms with E-state index in [1.54, 1.807) is 0 Å². The van der Waals surface area contributed by atoms with E-state index >= 15 is 0 Å². The molecule has 0 N–H and O–H groups in total. The molecular formula is C86H84N2. The van der Waals surface area contributed by atoms with Gasteiger partial charge in [0.1, 0.15) is 0 Å². The Morgan fingerprint density at radius 1 is 0.261 bits per heavy atom. The molecule has 2 unspecified atom stereocenters. The lowest BCUT2D eigenvalue weighted by molar-refractivity contribution is 0.544. The molecule has 0 heterocycles. The second-order valence-electron chi connectivity index (χ2n) is 26.5. The van der Waals surface area contributed by atoms with Crippen molar-refractivity contribution in [3.8, 4) is 0 Å². The van der Waals surface area contributed by atoms with E-state index in [0.717, 1.165) is 68.5 Å². The van der Waals surface area contributed by atoms with Crippen LogP contribution in [0.5, 0.6) is 0 Å². The lowest BCUT2D eigenvalue weighted by atomic mass is 9.77. The van der Waals surface area contributed by atoms with Crippen LogP contribution in [0.25, 0.3) is 21.5 Å². The molecule has 2 nitrogen and oxygen atoms in total. The molecule has 0 aliphatic rings. The highest BCUT2D eigenvalue weighted by Crippen LogP contribution is 2.52. The average molecular weight is 1150 g/mol. The number of hydrogen-bond acceptors (Lipinski definition) is 2. The highest BCUT2D eigenvalue weighted by Gasteiger charge is 2.31. The third kappa shape index (κ3) is 11.4. The van der Waals surface area contributed by atoms with Gasteiger partial charge >= 0.3 is 0 Å². The Kier molecular flexibility index (Phi) is 16.5. The van der Waals surface area contributed by atoms with Crippen LogP contribution in [0.3, 0.4) is 0 Å². The molecule has 12 aromatic rings. The second-order valence-corrected chi connectivity index (χ2v) is 26.5. The van der Waals surface area contributed by atoms with E-state index in [9.17, 15) is 0 Å². The molecule has 0 aliphatic heterocycles. The van der Waals surface area contributed by atoms with Crippen molar-refractivity contribution in [2.45, 2.75) is 116 Å². The molecule has 438 valence electrons. The van der Waals surface area contributed by atoms with Gasteiger partial charge in [0.25, 0.3) is 0 Å². The molecule has 88 heavy (non-hydrogen) atoms. The summed E-state index contributed by atoms with van der Waals surface area (Å²) in [4.78, 5) is 5.03. The van der Waals surface area contributed by atoms with E-state index < -0.39 is 0 Å². The van der Waals surface area contributed by atoms with Gasteiger partial charge in [0.05, 0.1) is 11.4 Å². The molecule has 12 rings (SSSR count). The Labute approximate surface area is 524 Å². The molecule has 0 radical (unpaired) electrons. The Morgan fingerprint density at radius 2 is 0.489 bits per heavy atom. The third-order valence-electron chi connectivity index (χ3n) is 19.8. The number of nitrogens with zero attached hydrogens (tertiary/aromatic N) is 2. The first-order valence-electron chi connectivity index (χ1n) is 31.8. The highest BCUT2D eigenvalue weighted by atomic mass is 15.2. The highest BCUT2D eigenvalue weighted by molar-refractivity contribution is 6.23. The van der Waals surface area contributed by atoms with Crippen molar-refractivity contribution in [3.63, 3.8) is 0 Å². The van der Waals surface area contributed by atoms with E-state index in [4.69, 9.17) is 0 Å². The molecule has 2 atom stereocenters. The first kappa shape index (κ1) is 59.1. The van der Waals surface area contributed by atoms with Crippen molar-refractivity contribution in [2.75, 3.05) is 9.80 Å². The van der Waals surface area contributed by atoms with Crippen LogP contribution in [0.15, 0.2) is 291 Å². The number of benzene rings is 12. The first-order valence-corrected chi connectivity index (χ1v) is 31.8. The summed E-state index contributed by atoms with van der Waals surface area (Å²) in [5.74, 6) is 0.987. The minimum absolute atomic E-state index is 0.199. The Balaban J connectivity index is 0.996. The largest absolute Gasteiger partial charge is 0.309 e. The van der Waals surface area contributed by atoms with Crippen LogP contribution in [0.2, 0.25) is 0 Å². The van der Waals surface area contributed by atoms with Crippen molar-refractivity contribution < 1.29 is 0 Å². The summed E-state index contributed by atoms with van der Waals surface area (Å²) in [5, 5.41) is 4.63. The van der Waals surface area contributed by atoms with Gasteiger partial charge in [-0.15, -0.1) is 0 Å². The number of hydrogen-bond donors (Lipinski definition) is 0. The average Bonchev–Trinajstić information content (AvgIpc) is 0.919. The van der Waals surface area contributed by atoms with Crippen molar-refractivity contribution in [2.24, 2.45) is 0 Å². The Morgan fingerprint density at radius 3 is 0.750 bits per heavy atom. The van der Waals surface area contributed by atoms with Crippen molar-refractivity contribution in [1.29, 1.82) is 0 Å². The van der Waals surface area contributed by atoms with Gasteiger partial charge in [0, 0.05) is 66.0 Å². The standard InChI is InChI=1S/C86H84N2/c1-11-62(64-28-16-12-17-29-64)60-61(2)63-40-42-68(43-41-63)86(9,10)72-50-58-76(59-51-72)88(75-56-48-71(49-57-75)85(7,8)67-34-22-15-23-35-67)82-79-38-26-24-36-77(79)81(78-37-25-27-39-80(78)82)87(73-52-44-69(45-53-73)83(3,4)65-30-18-13-19-31-65)74-54-46-70(47-55-74)84(5,6)66-32-20-14-21-33-66/h12-59,61-62H,11,60H2,1-10H3. The van der Waals surface area contributed by atoms with Gasteiger partial charge in [-0.2, -0.15) is 0 Å². The quantitative estimate of drug-likeness (QED) is 0.0588. The zero-order valence-electron chi connectivity index (χ0n) is 53.2. The van der Waals surface area contributed by atoms with Gasteiger partial charge in [-0.1, -0.05) is 312 Å². The van der Waals surface area contributed by atoms with Crippen LogP contribution < -0.4 is 9.80 Å². The van der Waals surface area contributed by atoms with E-state index in [2.05, 4.69) is 370 Å². The summed E-state index contributed by atoms with van der Waals surface area (Å²) in [6.45, 7) is 23.4. The van der Waals surface area contributed by atoms with E-state index in [1.165, 1.54) is 55.6 Å². The molecule has 0 saturated carbocycles. The smallest absolute Gasteiger partial charge is 0.0619 e. The summed E-state index contributed by atoms with van der Waals surface area (Å²) in [5.41, 5.74) is 18.9. The summed E-state index contributed by atoms with van der Waals surface area (Å²) >= 11 is 0. The maximum absolute atomic E-state index is 2.52. The minimum atomic E-state index is -0.249. The first-order chi connectivity index (χ1) is 42.5. The van der Waals surface area contributed by atoms with Gasteiger partial charge in [-0.05, 0) is 129 Å². The van der Waals surface area contributed by atoms with Crippen LogP contribution in [0.1, 0.15) is 150 Å². The number of fused-ring (bicyclic) bond motifs is 2. The predicted octanol–water partition coefficient (Wildman–Crippen LogP) is 23.9. The monoisotopic (exact) mass is 1140 g/mol. The maximum atomic E-state index is 2.52. The van der Waals surface area contributed by atoms with Gasteiger partial charge in [-0.25, -0.2) is 0 Å². The lowest BCUT2D eigenvalue weighted by Crippen LogP contribution is -2.20. The molecule has 0 amide bonds. The lowest BCUT2D eigenvalue weighted by Gasteiger charge is -2.34. The molecule has 0 spiro atoms. The Hall–Kier alpha value is -9.24. The molecule has 0 bridgehead atoms. The fraction of sp³-hybridized carbons (Fsp3) is 0.209. The Bertz CT molecular complexity index is 4130. The SMILES string of the molecule is CCC(CC(C)c1ccc(C(C)(C)c2ccc(N(c3ccc(C(C)(C)c4ccccc4)cc3)c3c4ccccc4c(N(c4ccc(C(C)(C)c5ccccc5)cc4)c4ccc(C(C)(C)c5ccccc5)cc4)c4ccccc34)cc2)cc1)c1ccccc1. The zero-order valence-corrected chi connectivity index (χ0v) is 53.2. The van der Waals surface area contributed by atoms with E-state index in [1.807, 2.05) is 0 Å². The minimum Gasteiger partial charge on any atom is -0.309 e. The van der Waals surface area contributed by atoms with Crippen molar-refractivity contribution in [1.82, 2.24) is 0 Å². The molecule has 2 heteroatoms. The zero-order chi connectivity index (χ0) is 61.2. The maximum Gasteiger partial charge on any atom is 0.0619 e. The predicted molar refractivity (Wildman–Crippen MR) is 378 cm³/mol. The van der Waals surface area contributed by atoms with Crippen LogP contribution in [-0.2, 0) is 21.7 Å². The van der Waals surface area contributed by atoms with Gasteiger partial charge in [0.2, 0.25) is 0 Å². The van der Waals surface area contributed by atoms with E-state index in [-0.39, 0.29) is 21.7 Å². The number of anilines is 6. The normalized spacial score (nSPS) is 12.9. The topological polar surface area (TPSA) is 6.48 Å². The summed E-state index contributed by atoms with van der Waals surface area (Å²) in [6.07, 6.45) is 2.26. The molecule has 12 aromatic carbocycles. The van der Waals surface area contributed by atoms with Crippen LogP contribution in [0.4, 0.5) is 34.1 Å². The molecule has 0 saturated heterocycles. The summed E-state index contributed by atoms with van der Waals surface area (Å²) in [7, 11) is 0. The number of rotatable bonds is 19. The van der Waals surface area contributed by atoms with Crippen molar-refractivity contribution >= 4 is 55.7 Å². The second kappa shape index (κ2) is 24.5. The summed E-state index contributed by atoms with van der Waals surface area (Å²) < 4.78 is 0. The molecule has 0 aliphatic carbocycles. The van der Waals surface area contributed by atoms with Gasteiger partial charge in [-0.3, -0.25) is 0 Å². The molecule has 0 aromatic heterocycles. The fourth-order valence-electron chi connectivity index (χ4n) is 13.8. The van der Waals surface area contributed by atoms with Crippen LogP contribution in [0, 0.1) is 0 Å². The van der Waals surface area contributed by atoms with Crippen molar-refractivity contribution in [3.05, 3.63) is 347 Å². The van der Waals surface area contributed by atoms with E-state index in [0.29, 0.717) is 11.8 Å². The van der Waals surface area contributed by atoms with Gasteiger partial charge < -0.3 is 9.80 Å². The fourth-order valence-corrected chi connectivity index (χ4v) is 13.8.